The molecule has 0 radical (unpaired) electrons. The van der Waals surface area contributed by atoms with Crippen LogP contribution in [0.1, 0.15) is 52.6 Å². The molecule has 0 saturated heterocycles. The Bertz CT molecular complexity index is 860. The lowest BCUT2D eigenvalue weighted by Crippen LogP contribution is -2.31. The lowest BCUT2D eigenvalue weighted by Gasteiger charge is -2.19. The summed E-state index contributed by atoms with van der Waals surface area (Å²) in [4.78, 5) is 38.1. The fraction of sp³-hybridized carbons (Fsp3) is 0.318. The average Bonchev–Trinajstić information content (AvgIpc) is 2.83. The molecule has 0 aromatic heterocycles. The van der Waals surface area contributed by atoms with Crippen molar-refractivity contribution in [3.05, 3.63) is 70.8 Å². The maximum absolute atomic E-state index is 12.4. The van der Waals surface area contributed by atoms with Crippen LogP contribution in [-0.4, -0.2) is 34.8 Å². The number of ether oxygens (including phenoxy) is 1. The van der Waals surface area contributed by atoms with Gasteiger partial charge >= 0.3 is 5.97 Å². The summed E-state index contributed by atoms with van der Waals surface area (Å²) in [5, 5.41) is 0. The first-order valence-corrected chi connectivity index (χ1v) is 8.99. The van der Waals surface area contributed by atoms with Crippen LogP contribution in [-0.2, 0) is 22.4 Å². The molecule has 27 heavy (non-hydrogen) atoms. The van der Waals surface area contributed by atoms with Crippen molar-refractivity contribution in [2.24, 2.45) is 0 Å². The number of hydrogen-bond acceptors (Lipinski definition) is 4. The molecule has 5 nitrogen and oxygen atoms in total. The highest BCUT2D eigenvalue weighted by atomic mass is 16.6. The Morgan fingerprint density at radius 1 is 0.926 bits per heavy atom. The van der Waals surface area contributed by atoms with Crippen molar-refractivity contribution in [3.63, 3.8) is 0 Å². The molecular formula is C22H23NO4. The van der Waals surface area contributed by atoms with Crippen molar-refractivity contribution in [2.75, 3.05) is 6.54 Å². The molecule has 2 aromatic rings. The standard InChI is InChI=1S/C22H23NO4/c1-22(2,3)27-19(24)14-16-8-6-7-15(13-16)11-12-23-20(25)17-9-4-5-10-18(17)21(23)26/h4-10,13H,11-12,14H2,1-3H3. The van der Waals surface area contributed by atoms with E-state index in [1.165, 1.54) is 4.90 Å². The van der Waals surface area contributed by atoms with Crippen molar-refractivity contribution in [2.45, 2.75) is 39.2 Å². The highest BCUT2D eigenvalue weighted by Crippen LogP contribution is 2.22. The van der Waals surface area contributed by atoms with Gasteiger partial charge in [0.05, 0.1) is 17.5 Å². The van der Waals surface area contributed by atoms with Crippen molar-refractivity contribution in [1.29, 1.82) is 0 Å². The van der Waals surface area contributed by atoms with E-state index in [0.717, 1.165) is 11.1 Å². The number of carbonyl (C=O) groups is 3. The third kappa shape index (κ3) is 4.42. The van der Waals surface area contributed by atoms with Gasteiger partial charge in [0, 0.05) is 6.54 Å². The molecule has 0 atom stereocenters. The fourth-order valence-electron chi connectivity index (χ4n) is 3.12. The molecule has 5 heteroatoms. The smallest absolute Gasteiger partial charge is 0.310 e. The zero-order chi connectivity index (χ0) is 19.6. The lowest BCUT2D eigenvalue weighted by atomic mass is 10.1. The third-order valence-electron chi connectivity index (χ3n) is 4.26. The minimum absolute atomic E-state index is 0.193. The second-order valence-electron chi connectivity index (χ2n) is 7.64. The largest absolute Gasteiger partial charge is 0.460 e. The fourth-order valence-corrected chi connectivity index (χ4v) is 3.12. The summed E-state index contributed by atoms with van der Waals surface area (Å²) in [6.07, 6.45) is 0.728. The van der Waals surface area contributed by atoms with Crippen LogP contribution in [0.5, 0.6) is 0 Å². The molecule has 1 heterocycles. The van der Waals surface area contributed by atoms with Crippen LogP contribution in [0.15, 0.2) is 48.5 Å². The number of imide groups is 1. The maximum Gasteiger partial charge on any atom is 0.310 e. The van der Waals surface area contributed by atoms with Gasteiger partial charge < -0.3 is 4.74 Å². The number of benzene rings is 2. The number of esters is 1. The SMILES string of the molecule is CC(C)(C)OC(=O)Cc1cccc(CCN2C(=O)c3ccccc3C2=O)c1. The maximum atomic E-state index is 12.4. The van der Waals surface area contributed by atoms with Crippen LogP contribution < -0.4 is 0 Å². The van der Waals surface area contributed by atoms with E-state index < -0.39 is 5.60 Å². The Hall–Kier alpha value is -2.95. The van der Waals surface area contributed by atoms with E-state index in [9.17, 15) is 14.4 Å². The van der Waals surface area contributed by atoms with Crippen LogP contribution in [0.4, 0.5) is 0 Å². The van der Waals surface area contributed by atoms with Gasteiger partial charge in [-0.25, -0.2) is 0 Å². The Morgan fingerprint density at radius 3 is 2.11 bits per heavy atom. The van der Waals surface area contributed by atoms with Crippen molar-refractivity contribution in [3.8, 4) is 0 Å². The van der Waals surface area contributed by atoms with E-state index in [1.807, 2.05) is 45.0 Å². The Balaban J connectivity index is 1.63. The predicted octanol–water partition coefficient (Wildman–Crippen LogP) is 3.41. The van der Waals surface area contributed by atoms with Crippen LogP contribution in [0.2, 0.25) is 0 Å². The van der Waals surface area contributed by atoms with Gasteiger partial charge in [0.15, 0.2) is 0 Å². The van der Waals surface area contributed by atoms with E-state index in [-0.39, 0.29) is 24.2 Å². The molecule has 2 aromatic carbocycles. The second kappa shape index (κ2) is 7.35. The lowest BCUT2D eigenvalue weighted by molar-refractivity contribution is -0.153. The molecule has 0 spiro atoms. The summed E-state index contributed by atoms with van der Waals surface area (Å²) >= 11 is 0. The third-order valence-corrected chi connectivity index (χ3v) is 4.26. The van der Waals surface area contributed by atoms with E-state index >= 15 is 0 Å². The molecule has 0 aliphatic carbocycles. The van der Waals surface area contributed by atoms with Crippen molar-refractivity contribution < 1.29 is 19.1 Å². The number of hydrogen-bond donors (Lipinski definition) is 0. The summed E-state index contributed by atoms with van der Waals surface area (Å²) in [5.74, 6) is -0.777. The van der Waals surface area contributed by atoms with Gasteiger partial charge in [-0.05, 0) is 50.5 Å². The molecule has 0 saturated carbocycles. The monoisotopic (exact) mass is 365 g/mol. The Morgan fingerprint density at radius 2 is 1.52 bits per heavy atom. The second-order valence-corrected chi connectivity index (χ2v) is 7.64. The summed E-state index contributed by atoms with van der Waals surface area (Å²) < 4.78 is 5.35. The molecule has 1 aliphatic rings. The number of nitrogens with zero attached hydrogens (tertiary/aromatic N) is 1. The molecule has 0 unspecified atom stereocenters. The van der Waals surface area contributed by atoms with Crippen LogP contribution >= 0.6 is 0 Å². The highest BCUT2D eigenvalue weighted by Gasteiger charge is 2.34. The zero-order valence-corrected chi connectivity index (χ0v) is 15.8. The predicted molar refractivity (Wildman–Crippen MR) is 102 cm³/mol. The molecule has 140 valence electrons. The van der Waals surface area contributed by atoms with E-state index in [0.29, 0.717) is 24.1 Å². The minimum Gasteiger partial charge on any atom is -0.460 e. The van der Waals surface area contributed by atoms with Gasteiger partial charge in [-0.2, -0.15) is 0 Å². The van der Waals surface area contributed by atoms with Gasteiger partial charge in [0.25, 0.3) is 11.8 Å². The Labute approximate surface area is 158 Å². The quantitative estimate of drug-likeness (QED) is 0.602. The first kappa shape index (κ1) is 18.8. The van der Waals surface area contributed by atoms with E-state index in [2.05, 4.69) is 0 Å². The molecule has 0 bridgehead atoms. The average molecular weight is 365 g/mol. The van der Waals surface area contributed by atoms with Gasteiger partial charge in [-0.3, -0.25) is 19.3 Å². The minimum atomic E-state index is -0.514. The van der Waals surface area contributed by atoms with Crippen LogP contribution in [0, 0.1) is 0 Å². The normalized spacial score (nSPS) is 13.7. The Kier molecular flexibility index (Phi) is 5.13. The van der Waals surface area contributed by atoms with Gasteiger partial charge in [-0.15, -0.1) is 0 Å². The first-order valence-electron chi connectivity index (χ1n) is 8.99. The van der Waals surface area contributed by atoms with Crippen molar-refractivity contribution >= 4 is 17.8 Å². The number of amides is 2. The molecular weight excluding hydrogens is 342 g/mol. The molecule has 1 aliphatic heterocycles. The number of carbonyl (C=O) groups excluding carboxylic acids is 3. The van der Waals surface area contributed by atoms with E-state index in [4.69, 9.17) is 4.74 Å². The zero-order valence-electron chi connectivity index (χ0n) is 15.8. The molecule has 0 N–H and O–H groups in total. The summed E-state index contributed by atoms with van der Waals surface area (Å²) in [5.41, 5.74) is 2.22. The van der Waals surface area contributed by atoms with Crippen LogP contribution in [0.25, 0.3) is 0 Å². The summed E-state index contributed by atoms with van der Waals surface area (Å²) in [6.45, 7) is 5.82. The molecule has 0 fully saturated rings. The van der Waals surface area contributed by atoms with Crippen molar-refractivity contribution in [1.82, 2.24) is 4.90 Å². The molecule has 2 amide bonds. The highest BCUT2D eigenvalue weighted by molar-refractivity contribution is 6.21. The summed E-state index contributed by atoms with van der Waals surface area (Å²) in [7, 11) is 0. The van der Waals surface area contributed by atoms with Gasteiger partial charge in [-0.1, -0.05) is 36.4 Å². The van der Waals surface area contributed by atoms with E-state index in [1.54, 1.807) is 24.3 Å². The topological polar surface area (TPSA) is 63.7 Å². The first-order chi connectivity index (χ1) is 12.7. The summed E-state index contributed by atoms with van der Waals surface area (Å²) in [6, 6.07) is 14.5. The van der Waals surface area contributed by atoms with Gasteiger partial charge in [0.2, 0.25) is 0 Å². The van der Waals surface area contributed by atoms with Gasteiger partial charge in [0.1, 0.15) is 5.60 Å². The number of rotatable bonds is 5. The number of fused-ring (bicyclic) bond motifs is 1. The van der Waals surface area contributed by atoms with Crippen LogP contribution in [0.3, 0.4) is 0 Å². The molecule has 3 rings (SSSR count).